The van der Waals surface area contributed by atoms with Crippen LogP contribution >= 0.6 is 11.3 Å². The molecule has 0 aliphatic carbocycles. The lowest BCUT2D eigenvalue weighted by Crippen LogP contribution is -2.13. The normalized spacial score (nSPS) is 11.9. The first-order valence-electron chi connectivity index (χ1n) is 5.63. The number of fused-ring (bicyclic) bond motifs is 1. The molecule has 0 amide bonds. The Hall–Kier alpha value is -2.15. The van der Waals surface area contributed by atoms with Crippen LogP contribution < -0.4 is 5.73 Å². The zero-order chi connectivity index (χ0) is 14.3. The van der Waals surface area contributed by atoms with E-state index in [0.717, 1.165) is 10.1 Å². The molecule has 2 N–H and O–H groups in total. The maximum Gasteiger partial charge on any atom is 0.451 e. The number of alkyl halides is 3. The van der Waals surface area contributed by atoms with E-state index in [1.165, 1.54) is 17.4 Å². The molecule has 0 saturated carbocycles. The van der Waals surface area contributed by atoms with Crippen molar-refractivity contribution in [3.8, 4) is 11.3 Å². The molecule has 0 bridgehead atoms. The molecular weight excluding hydrogens is 287 g/mol. The second-order valence-corrected chi connectivity index (χ2v) is 5.06. The highest BCUT2D eigenvalue weighted by Gasteiger charge is 2.35. The van der Waals surface area contributed by atoms with Crippen LogP contribution in [0.5, 0.6) is 0 Å². The molecule has 102 valence electrons. The van der Waals surface area contributed by atoms with Crippen LogP contribution in [0.4, 0.5) is 19.0 Å². The first-order chi connectivity index (χ1) is 9.45. The lowest BCUT2D eigenvalue weighted by Gasteiger charge is -2.09. The predicted octanol–water partition coefficient (Wildman–Crippen LogP) is 3.96. The van der Waals surface area contributed by atoms with Gasteiger partial charge in [-0.2, -0.15) is 13.2 Å². The van der Waals surface area contributed by atoms with E-state index in [1.54, 1.807) is 12.1 Å². The molecular formula is C13H8F3N3S. The minimum atomic E-state index is -4.62. The number of anilines is 1. The van der Waals surface area contributed by atoms with E-state index in [-0.39, 0.29) is 11.5 Å². The van der Waals surface area contributed by atoms with E-state index < -0.39 is 12.0 Å². The summed E-state index contributed by atoms with van der Waals surface area (Å²) in [7, 11) is 0. The summed E-state index contributed by atoms with van der Waals surface area (Å²) in [5.74, 6) is -1.42. The first-order valence-corrected chi connectivity index (χ1v) is 6.51. The van der Waals surface area contributed by atoms with Crippen molar-refractivity contribution in [1.29, 1.82) is 0 Å². The van der Waals surface area contributed by atoms with Gasteiger partial charge in [0.05, 0.1) is 5.69 Å². The number of nitrogen functional groups attached to an aromatic ring is 1. The molecule has 0 unspecified atom stereocenters. The van der Waals surface area contributed by atoms with Crippen LogP contribution in [-0.2, 0) is 6.18 Å². The first kappa shape index (κ1) is 12.9. The van der Waals surface area contributed by atoms with Crippen molar-refractivity contribution >= 4 is 27.2 Å². The van der Waals surface area contributed by atoms with Gasteiger partial charge in [-0.3, -0.25) is 0 Å². The second kappa shape index (κ2) is 4.45. The highest BCUT2D eigenvalue weighted by molar-refractivity contribution is 7.17. The summed E-state index contributed by atoms with van der Waals surface area (Å²) in [4.78, 5) is 6.84. The molecule has 3 nitrogen and oxygen atoms in total. The Bertz CT molecular complexity index is 780. The average molecular weight is 295 g/mol. The number of nitrogens with zero attached hydrogens (tertiary/aromatic N) is 2. The van der Waals surface area contributed by atoms with Crippen LogP contribution in [0.1, 0.15) is 5.82 Å². The van der Waals surface area contributed by atoms with Crippen molar-refractivity contribution in [3.63, 3.8) is 0 Å². The molecule has 0 saturated heterocycles. The number of rotatable bonds is 1. The van der Waals surface area contributed by atoms with Gasteiger partial charge in [0.2, 0.25) is 5.82 Å². The van der Waals surface area contributed by atoms with Crippen LogP contribution in [-0.4, -0.2) is 9.97 Å². The van der Waals surface area contributed by atoms with Gasteiger partial charge in [0.1, 0.15) is 5.82 Å². The fraction of sp³-hybridized carbons (Fsp3) is 0.0769. The molecule has 0 atom stereocenters. The molecule has 3 aromatic rings. The smallest absolute Gasteiger partial charge is 0.384 e. The van der Waals surface area contributed by atoms with E-state index in [9.17, 15) is 13.2 Å². The Morgan fingerprint density at radius 1 is 1.10 bits per heavy atom. The maximum absolute atomic E-state index is 12.7. The highest BCUT2D eigenvalue weighted by atomic mass is 32.1. The fourth-order valence-electron chi connectivity index (χ4n) is 1.93. The number of benzene rings is 1. The van der Waals surface area contributed by atoms with Gasteiger partial charge in [0.25, 0.3) is 0 Å². The molecule has 20 heavy (non-hydrogen) atoms. The van der Waals surface area contributed by atoms with Crippen molar-refractivity contribution in [2.24, 2.45) is 0 Å². The summed E-state index contributed by atoms with van der Waals surface area (Å²) < 4.78 is 39.1. The Labute approximate surface area is 115 Å². The van der Waals surface area contributed by atoms with E-state index in [0.29, 0.717) is 5.56 Å². The molecule has 3 rings (SSSR count). The van der Waals surface area contributed by atoms with Gasteiger partial charge in [-0.15, -0.1) is 11.3 Å². The number of hydrogen-bond acceptors (Lipinski definition) is 4. The molecule has 0 aliphatic rings. The van der Waals surface area contributed by atoms with Crippen LogP contribution in [0.2, 0.25) is 0 Å². The third kappa shape index (κ3) is 2.20. The summed E-state index contributed by atoms with van der Waals surface area (Å²) in [6, 6.07) is 8.64. The number of halogens is 3. The average Bonchev–Trinajstić information content (AvgIpc) is 2.84. The van der Waals surface area contributed by atoms with Crippen molar-refractivity contribution in [1.82, 2.24) is 9.97 Å². The van der Waals surface area contributed by atoms with Gasteiger partial charge in [-0.05, 0) is 16.8 Å². The number of aromatic nitrogens is 2. The highest BCUT2D eigenvalue weighted by Crippen LogP contribution is 2.34. The summed E-state index contributed by atoms with van der Waals surface area (Å²) >= 11 is 1.45. The molecule has 1 aromatic carbocycles. The maximum atomic E-state index is 12.7. The molecule has 0 aliphatic heterocycles. The molecule has 2 aromatic heterocycles. The quantitative estimate of drug-likeness (QED) is 0.739. The zero-order valence-electron chi connectivity index (χ0n) is 9.98. The predicted molar refractivity (Wildman–Crippen MR) is 72.3 cm³/mol. The van der Waals surface area contributed by atoms with Gasteiger partial charge in [0, 0.05) is 16.3 Å². The molecule has 0 spiro atoms. The largest absolute Gasteiger partial charge is 0.451 e. The Morgan fingerprint density at radius 3 is 2.65 bits per heavy atom. The van der Waals surface area contributed by atoms with Gasteiger partial charge in [-0.25, -0.2) is 9.97 Å². The minimum Gasteiger partial charge on any atom is -0.384 e. The van der Waals surface area contributed by atoms with Gasteiger partial charge >= 0.3 is 6.18 Å². The van der Waals surface area contributed by atoms with Gasteiger partial charge in [-0.1, -0.05) is 18.2 Å². The van der Waals surface area contributed by atoms with Gasteiger partial charge in [0.15, 0.2) is 0 Å². The number of hydrogen-bond donors (Lipinski definition) is 1. The van der Waals surface area contributed by atoms with E-state index in [4.69, 9.17) is 5.73 Å². The van der Waals surface area contributed by atoms with Gasteiger partial charge < -0.3 is 5.73 Å². The van der Waals surface area contributed by atoms with Crippen LogP contribution in [0, 0.1) is 0 Å². The third-order valence-electron chi connectivity index (χ3n) is 2.75. The summed E-state index contributed by atoms with van der Waals surface area (Å²) in [6.07, 6.45) is -4.62. The zero-order valence-corrected chi connectivity index (χ0v) is 10.8. The Kier molecular flexibility index (Phi) is 2.86. The van der Waals surface area contributed by atoms with Crippen molar-refractivity contribution < 1.29 is 13.2 Å². The topological polar surface area (TPSA) is 51.8 Å². The van der Waals surface area contributed by atoms with Crippen LogP contribution in [0.15, 0.2) is 35.7 Å². The van der Waals surface area contributed by atoms with E-state index in [1.807, 2.05) is 17.5 Å². The standard InChI is InChI=1S/C13H8F3N3S/c14-13(15,16)12-18-9(6-10(17)19-12)8-3-1-2-7-4-5-20-11(7)8/h1-6H,(H2,17,18,19). The number of nitrogens with two attached hydrogens (primary N) is 1. The Balaban J connectivity index is 2.24. The molecule has 0 radical (unpaired) electrons. The van der Waals surface area contributed by atoms with Crippen LogP contribution in [0.25, 0.3) is 21.3 Å². The van der Waals surface area contributed by atoms with Crippen molar-refractivity contribution in [3.05, 3.63) is 41.5 Å². The molecule has 7 heteroatoms. The summed E-state index contributed by atoms with van der Waals surface area (Å²) in [6.45, 7) is 0. The fourth-order valence-corrected chi connectivity index (χ4v) is 2.85. The van der Waals surface area contributed by atoms with Crippen molar-refractivity contribution in [2.45, 2.75) is 6.18 Å². The Morgan fingerprint density at radius 2 is 1.90 bits per heavy atom. The molecule has 2 heterocycles. The van der Waals surface area contributed by atoms with Crippen molar-refractivity contribution in [2.75, 3.05) is 5.73 Å². The van der Waals surface area contributed by atoms with E-state index >= 15 is 0 Å². The van der Waals surface area contributed by atoms with E-state index in [2.05, 4.69) is 9.97 Å². The second-order valence-electron chi connectivity index (χ2n) is 4.14. The summed E-state index contributed by atoms with van der Waals surface area (Å²) in [5, 5.41) is 2.84. The number of thiophene rings is 1. The monoisotopic (exact) mass is 295 g/mol. The lowest BCUT2D eigenvalue weighted by atomic mass is 10.1. The SMILES string of the molecule is Nc1cc(-c2cccc3ccsc23)nc(C(F)(F)F)n1. The molecule has 0 fully saturated rings. The minimum absolute atomic E-state index is 0.179. The summed E-state index contributed by atoms with van der Waals surface area (Å²) in [5.41, 5.74) is 6.27. The lowest BCUT2D eigenvalue weighted by molar-refractivity contribution is -0.144. The third-order valence-corrected chi connectivity index (χ3v) is 3.72. The van der Waals surface area contributed by atoms with Crippen LogP contribution in [0.3, 0.4) is 0 Å².